The van der Waals surface area contributed by atoms with E-state index < -0.39 is 0 Å². The standard InChI is InChI=1S/C12H15ClN6/c13-12-15-10-9(7-14-17-10)11(16-12)19-5-3-18(4-6-19)8-1-2-8/h7-8H,1-6H2,(H,14,15,16,17). The molecule has 6 nitrogen and oxygen atoms in total. The first-order valence-electron chi connectivity index (χ1n) is 6.67. The summed E-state index contributed by atoms with van der Waals surface area (Å²) in [7, 11) is 0. The highest BCUT2D eigenvalue weighted by Crippen LogP contribution is 2.29. The molecule has 1 aliphatic carbocycles. The average molecular weight is 279 g/mol. The van der Waals surface area contributed by atoms with Gasteiger partial charge < -0.3 is 4.90 Å². The van der Waals surface area contributed by atoms with Crippen molar-refractivity contribution in [3.05, 3.63) is 11.5 Å². The van der Waals surface area contributed by atoms with E-state index in [9.17, 15) is 0 Å². The van der Waals surface area contributed by atoms with Crippen LogP contribution in [0.5, 0.6) is 0 Å². The van der Waals surface area contributed by atoms with E-state index in [-0.39, 0.29) is 5.28 Å². The van der Waals surface area contributed by atoms with E-state index in [1.807, 2.05) is 0 Å². The minimum Gasteiger partial charge on any atom is -0.353 e. The normalized spacial score (nSPS) is 21.2. The molecule has 0 unspecified atom stereocenters. The molecule has 7 heteroatoms. The Balaban J connectivity index is 1.61. The molecule has 100 valence electrons. The first-order chi connectivity index (χ1) is 9.31. The van der Waals surface area contributed by atoms with Crippen molar-refractivity contribution in [3.8, 4) is 0 Å². The number of aromatic amines is 1. The number of nitrogens with one attached hydrogen (secondary N) is 1. The number of H-pyrrole nitrogens is 1. The Bertz CT molecular complexity index is 599. The molecule has 4 rings (SSSR count). The molecule has 0 atom stereocenters. The van der Waals surface area contributed by atoms with Crippen LogP contribution >= 0.6 is 11.6 Å². The maximum atomic E-state index is 5.98. The molecule has 1 saturated heterocycles. The van der Waals surface area contributed by atoms with Gasteiger partial charge in [-0.3, -0.25) is 10.00 Å². The summed E-state index contributed by atoms with van der Waals surface area (Å²) in [5.74, 6) is 0.902. The van der Waals surface area contributed by atoms with Gasteiger partial charge in [-0.1, -0.05) is 0 Å². The number of nitrogens with zero attached hydrogens (tertiary/aromatic N) is 5. The van der Waals surface area contributed by atoms with Crippen LogP contribution in [-0.2, 0) is 0 Å². The summed E-state index contributed by atoms with van der Waals surface area (Å²) in [5.41, 5.74) is 0.708. The van der Waals surface area contributed by atoms with Crippen LogP contribution in [0, 0.1) is 0 Å². The molecule has 0 aromatic carbocycles. The smallest absolute Gasteiger partial charge is 0.226 e. The Labute approximate surface area is 115 Å². The zero-order chi connectivity index (χ0) is 12.8. The molecule has 2 aliphatic rings. The molecule has 2 aromatic rings. The number of halogens is 1. The van der Waals surface area contributed by atoms with E-state index in [1.54, 1.807) is 6.20 Å². The predicted molar refractivity (Wildman–Crippen MR) is 73.5 cm³/mol. The van der Waals surface area contributed by atoms with Gasteiger partial charge in [0.1, 0.15) is 5.82 Å². The minimum atomic E-state index is 0.274. The lowest BCUT2D eigenvalue weighted by atomic mass is 10.2. The summed E-state index contributed by atoms with van der Waals surface area (Å²) < 4.78 is 0. The third-order valence-electron chi connectivity index (χ3n) is 3.94. The highest BCUT2D eigenvalue weighted by atomic mass is 35.5. The zero-order valence-corrected chi connectivity index (χ0v) is 11.3. The summed E-state index contributed by atoms with van der Waals surface area (Å²) in [5, 5.41) is 8.10. The average Bonchev–Trinajstić information content (AvgIpc) is 3.17. The highest BCUT2D eigenvalue weighted by Gasteiger charge is 2.31. The van der Waals surface area contributed by atoms with Crippen LogP contribution in [0.1, 0.15) is 12.8 Å². The molecule has 0 bridgehead atoms. The summed E-state index contributed by atoms with van der Waals surface area (Å²) >= 11 is 5.98. The first kappa shape index (κ1) is 11.4. The van der Waals surface area contributed by atoms with Crippen molar-refractivity contribution < 1.29 is 0 Å². The third kappa shape index (κ3) is 2.04. The Hall–Kier alpha value is -1.40. The van der Waals surface area contributed by atoms with E-state index in [0.29, 0.717) is 5.65 Å². The van der Waals surface area contributed by atoms with Crippen LogP contribution in [0.2, 0.25) is 5.28 Å². The highest BCUT2D eigenvalue weighted by molar-refractivity contribution is 6.28. The lowest BCUT2D eigenvalue weighted by molar-refractivity contribution is 0.248. The van der Waals surface area contributed by atoms with Crippen LogP contribution < -0.4 is 4.90 Å². The Morgan fingerprint density at radius 1 is 1.16 bits per heavy atom. The SMILES string of the molecule is Clc1nc(N2CCN(C3CC3)CC2)c2cn[nH]c2n1. The van der Waals surface area contributed by atoms with E-state index in [0.717, 1.165) is 43.4 Å². The maximum Gasteiger partial charge on any atom is 0.226 e. The quantitative estimate of drug-likeness (QED) is 0.839. The lowest BCUT2D eigenvalue weighted by Crippen LogP contribution is -2.47. The van der Waals surface area contributed by atoms with Gasteiger partial charge in [-0.25, -0.2) is 0 Å². The minimum absolute atomic E-state index is 0.274. The predicted octanol–water partition coefficient (Wildman–Crippen LogP) is 1.29. The first-order valence-corrected chi connectivity index (χ1v) is 7.05. The summed E-state index contributed by atoms with van der Waals surface area (Å²) in [6.07, 6.45) is 4.50. The maximum absolute atomic E-state index is 5.98. The summed E-state index contributed by atoms with van der Waals surface area (Å²) in [4.78, 5) is 13.4. The van der Waals surface area contributed by atoms with Crippen molar-refractivity contribution in [1.29, 1.82) is 0 Å². The monoisotopic (exact) mass is 278 g/mol. The molecule has 3 heterocycles. The van der Waals surface area contributed by atoms with Crippen LogP contribution in [0.15, 0.2) is 6.20 Å². The molecule has 19 heavy (non-hydrogen) atoms. The fraction of sp³-hybridized carbons (Fsp3) is 0.583. The molecule has 0 radical (unpaired) electrons. The van der Waals surface area contributed by atoms with Gasteiger partial charge in [0, 0.05) is 32.2 Å². The summed E-state index contributed by atoms with van der Waals surface area (Å²) in [6, 6.07) is 0.838. The van der Waals surface area contributed by atoms with Gasteiger partial charge in [0.25, 0.3) is 0 Å². The van der Waals surface area contributed by atoms with Crippen molar-refractivity contribution in [3.63, 3.8) is 0 Å². The number of fused-ring (bicyclic) bond motifs is 1. The number of anilines is 1. The third-order valence-corrected chi connectivity index (χ3v) is 4.11. The second kappa shape index (κ2) is 4.31. The molecule has 0 amide bonds. The fourth-order valence-corrected chi connectivity index (χ4v) is 2.94. The van der Waals surface area contributed by atoms with Gasteiger partial charge in [-0.15, -0.1) is 0 Å². The molecule has 1 aliphatic heterocycles. The Kier molecular flexibility index (Phi) is 2.60. The lowest BCUT2D eigenvalue weighted by Gasteiger charge is -2.35. The van der Waals surface area contributed by atoms with Crippen molar-refractivity contribution >= 4 is 28.5 Å². The van der Waals surface area contributed by atoms with Gasteiger partial charge in [-0.2, -0.15) is 15.1 Å². The number of aromatic nitrogens is 4. The van der Waals surface area contributed by atoms with Crippen molar-refractivity contribution in [2.45, 2.75) is 18.9 Å². The van der Waals surface area contributed by atoms with Crippen LogP contribution in [0.4, 0.5) is 5.82 Å². The number of hydrogen-bond donors (Lipinski definition) is 1. The number of rotatable bonds is 2. The van der Waals surface area contributed by atoms with Crippen LogP contribution in [0.3, 0.4) is 0 Å². The zero-order valence-electron chi connectivity index (χ0n) is 10.5. The van der Waals surface area contributed by atoms with Crippen LogP contribution in [-0.4, -0.2) is 57.3 Å². The van der Waals surface area contributed by atoms with E-state index >= 15 is 0 Å². The van der Waals surface area contributed by atoms with Gasteiger partial charge >= 0.3 is 0 Å². The van der Waals surface area contributed by atoms with Gasteiger partial charge in [-0.05, 0) is 24.4 Å². The molecule has 1 saturated carbocycles. The Morgan fingerprint density at radius 2 is 1.95 bits per heavy atom. The van der Waals surface area contributed by atoms with Gasteiger partial charge in [0.2, 0.25) is 5.28 Å². The molecule has 2 fully saturated rings. The molecule has 2 aromatic heterocycles. The number of hydrogen-bond acceptors (Lipinski definition) is 5. The second-order valence-corrected chi connectivity index (χ2v) is 5.54. The number of piperazine rings is 1. The largest absolute Gasteiger partial charge is 0.353 e. The molecule has 0 spiro atoms. The molecular weight excluding hydrogens is 264 g/mol. The topological polar surface area (TPSA) is 60.9 Å². The molecule has 1 N–H and O–H groups in total. The Morgan fingerprint density at radius 3 is 2.68 bits per heavy atom. The van der Waals surface area contributed by atoms with Gasteiger partial charge in [0.05, 0.1) is 11.6 Å². The van der Waals surface area contributed by atoms with Crippen molar-refractivity contribution in [1.82, 2.24) is 25.1 Å². The second-order valence-electron chi connectivity index (χ2n) is 5.20. The van der Waals surface area contributed by atoms with Crippen molar-refractivity contribution in [2.75, 3.05) is 31.1 Å². The summed E-state index contributed by atoms with van der Waals surface area (Å²) in [6.45, 7) is 4.19. The van der Waals surface area contributed by atoms with E-state index in [1.165, 1.54) is 12.8 Å². The van der Waals surface area contributed by atoms with Crippen LogP contribution in [0.25, 0.3) is 11.0 Å². The fourth-order valence-electron chi connectivity index (χ4n) is 2.77. The van der Waals surface area contributed by atoms with E-state index in [2.05, 4.69) is 30.0 Å². The van der Waals surface area contributed by atoms with Gasteiger partial charge in [0.15, 0.2) is 5.65 Å². The molecular formula is C12H15ClN6. The van der Waals surface area contributed by atoms with Crippen molar-refractivity contribution in [2.24, 2.45) is 0 Å². The van der Waals surface area contributed by atoms with E-state index in [4.69, 9.17) is 11.6 Å².